The molecule has 0 radical (unpaired) electrons. The van der Waals surface area contributed by atoms with Gasteiger partial charge in [-0.15, -0.1) is 0 Å². The molecular formula is C16H12F3NO. The predicted octanol–water partition coefficient (Wildman–Crippen LogP) is 4.57. The van der Waals surface area contributed by atoms with Crippen molar-refractivity contribution in [2.24, 2.45) is 5.16 Å². The van der Waals surface area contributed by atoms with Crippen LogP contribution in [0.3, 0.4) is 0 Å². The molecule has 0 bridgehead atoms. The van der Waals surface area contributed by atoms with E-state index in [0.717, 1.165) is 17.7 Å². The molecule has 0 amide bonds. The lowest BCUT2D eigenvalue weighted by atomic mass is 9.99. The minimum Gasteiger partial charge on any atom is -0.387 e. The molecule has 1 aliphatic rings. The first-order valence-electron chi connectivity index (χ1n) is 6.49. The topological polar surface area (TPSA) is 21.6 Å². The summed E-state index contributed by atoms with van der Waals surface area (Å²) in [6, 6.07) is 14.6. The molecule has 0 N–H and O–H groups in total. The number of oxime groups is 1. The number of rotatable bonds is 2. The first-order valence-corrected chi connectivity index (χ1v) is 6.49. The molecule has 2 aromatic carbocycles. The Morgan fingerprint density at radius 1 is 0.952 bits per heavy atom. The zero-order valence-electron chi connectivity index (χ0n) is 11.0. The van der Waals surface area contributed by atoms with Gasteiger partial charge in [0.05, 0.1) is 11.3 Å². The number of alkyl halides is 3. The molecule has 0 saturated carbocycles. The highest BCUT2D eigenvalue weighted by molar-refractivity contribution is 6.01. The van der Waals surface area contributed by atoms with Crippen molar-refractivity contribution in [3.05, 3.63) is 71.3 Å². The van der Waals surface area contributed by atoms with Gasteiger partial charge in [-0.05, 0) is 23.3 Å². The van der Waals surface area contributed by atoms with E-state index in [-0.39, 0.29) is 6.10 Å². The summed E-state index contributed by atoms with van der Waals surface area (Å²) in [6.45, 7) is 0. The summed E-state index contributed by atoms with van der Waals surface area (Å²) < 4.78 is 37.6. The number of hydrogen-bond donors (Lipinski definition) is 0. The van der Waals surface area contributed by atoms with Gasteiger partial charge in [0, 0.05) is 6.42 Å². The summed E-state index contributed by atoms with van der Waals surface area (Å²) in [6.07, 6.45) is -3.95. The predicted molar refractivity (Wildman–Crippen MR) is 72.9 cm³/mol. The molecule has 0 fully saturated rings. The minimum atomic E-state index is -4.32. The van der Waals surface area contributed by atoms with Crippen molar-refractivity contribution >= 4 is 5.71 Å². The van der Waals surface area contributed by atoms with E-state index in [0.29, 0.717) is 17.7 Å². The number of halogens is 3. The average Bonchev–Trinajstić information content (AvgIpc) is 2.97. The van der Waals surface area contributed by atoms with Crippen molar-refractivity contribution in [1.82, 2.24) is 0 Å². The van der Waals surface area contributed by atoms with Crippen molar-refractivity contribution in [1.29, 1.82) is 0 Å². The van der Waals surface area contributed by atoms with Crippen LogP contribution in [-0.4, -0.2) is 5.71 Å². The third-order valence-corrected chi connectivity index (χ3v) is 3.39. The van der Waals surface area contributed by atoms with Gasteiger partial charge < -0.3 is 4.84 Å². The van der Waals surface area contributed by atoms with Crippen LogP contribution in [0.5, 0.6) is 0 Å². The number of hydrogen-bond acceptors (Lipinski definition) is 2. The Morgan fingerprint density at radius 3 is 2.24 bits per heavy atom. The highest BCUT2D eigenvalue weighted by Crippen LogP contribution is 2.32. The summed E-state index contributed by atoms with van der Waals surface area (Å²) >= 11 is 0. The lowest BCUT2D eigenvalue weighted by Crippen LogP contribution is -2.06. The highest BCUT2D eigenvalue weighted by atomic mass is 19.4. The molecule has 0 aromatic heterocycles. The fraction of sp³-hybridized carbons (Fsp3) is 0.188. The van der Waals surface area contributed by atoms with E-state index >= 15 is 0 Å². The molecular weight excluding hydrogens is 279 g/mol. The maximum absolute atomic E-state index is 12.5. The Bertz CT molecular complexity index is 647. The first-order chi connectivity index (χ1) is 10.0. The van der Waals surface area contributed by atoms with Gasteiger partial charge in [-0.25, -0.2) is 0 Å². The summed E-state index contributed by atoms with van der Waals surface area (Å²) in [7, 11) is 0. The number of nitrogens with zero attached hydrogens (tertiary/aromatic N) is 1. The van der Waals surface area contributed by atoms with Gasteiger partial charge in [-0.1, -0.05) is 47.6 Å². The number of benzene rings is 2. The van der Waals surface area contributed by atoms with E-state index in [1.807, 2.05) is 30.3 Å². The summed E-state index contributed by atoms with van der Waals surface area (Å²) in [5.41, 5.74) is 1.66. The van der Waals surface area contributed by atoms with E-state index in [2.05, 4.69) is 5.16 Å². The molecule has 2 aromatic rings. The van der Waals surface area contributed by atoms with Crippen molar-refractivity contribution in [2.75, 3.05) is 0 Å². The second kappa shape index (κ2) is 5.24. The Morgan fingerprint density at radius 2 is 1.62 bits per heavy atom. The van der Waals surface area contributed by atoms with Crippen LogP contribution in [0.15, 0.2) is 59.8 Å². The summed E-state index contributed by atoms with van der Waals surface area (Å²) in [5, 5.41) is 3.99. The van der Waals surface area contributed by atoms with Crippen molar-refractivity contribution in [2.45, 2.75) is 18.7 Å². The molecule has 1 atom stereocenters. The van der Waals surface area contributed by atoms with Crippen LogP contribution in [0.2, 0.25) is 0 Å². The van der Waals surface area contributed by atoms with Crippen LogP contribution in [0.25, 0.3) is 0 Å². The van der Waals surface area contributed by atoms with Crippen molar-refractivity contribution < 1.29 is 18.0 Å². The van der Waals surface area contributed by atoms with Gasteiger partial charge in [0.15, 0.2) is 6.10 Å². The quantitative estimate of drug-likeness (QED) is 0.794. The maximum atomic E-state index is 12.5. The van der Waals surface area contributed by atoms with Gasteiger partial charge in [0.25, 0.3) is 0 Å². The fourth-order valence-corrected chi connectivity index (χ4v) is 2.25. The fourth-order valence-electron chi connectivity index (χ4n) is 2.25. The third kappa shape index (κ3) is 2.91. The molecule has 0 saturated heterocycles. The van der Waals surface area contributed by atoms with E-state index in [4.69, 9.17) is 4.84 Å². The van der Waals surface area contributed by atoms with Gasteiger partial charge in [-0.2, -0.15) is 13.2 Å². The zero-order valence-corrected chi connectivity index (χ0v) is 11.0. The van der Waals surface area contributed by atoms with Crippen LogP contribution in [0, 0.1) is 0 Å². The second-order valence-electron chi connectivity index (χ2n) is 4.82. The SMILES string of the molecule is FC(F)(F)c1ccc(C2=NOC(c3ccccc3)C2)cc1. The van der Waals surface area contributed by atoms with E-state index in [1.54, 1.807) is 0 Å². The van der Waals surface area contributed by atoms with Crippen LogP contribution < -0.4 is 0 Å². The van der Waals surface area contributed by atoms with E-state index in [1.165, 1.54) is 12.1 Å². The normalized spacial score (nSPS) is 18.2. The van der Waals surface area contributed by atoms with Crippen LogP contribution in [-0.2, 0) is 11.0 Å². The zero-order chi connectivity index (χ0) is 14.9. The molecule has 5 heteroatoms. The summed E-state index contributed by atoms with van der Waals surface area (Å²) in [4.78, 5) is 5.37. The third-order valence-electron chi connectivity index (χ3n) is 3.39. The molecule has 1 aliphatic heterocycles. The smallest absolute Gasteiger partial charge is 0.387 e. The Hall–Kier alpha value is -2.30. The molecule has 2 nitrogen and oxygen atoms in total. The Kier molecular flexibility index (Phi) is 3.41. The van der Waals surface area contributed by atoms with Gasteiger partial charge in [0.2, 0.25) is 0 Å². The average molecular weight is 291 g/mol. The molecule has 3 rings (SSSR count). The molecule has 0 aliphatic carbocycles. The lowest BCUT2D eigenvalue weighted by Gasteiger charge is -2.08. The second-order valence-corrected chi connectivity index (χ2v) is 4.82. The highest BCUT2D eigenvalue weighted by Gasteiger charge is 2.30. The van der Waals surface area contributed by atoms with Crippen LogP contribution in [0.4, 0.5) is 13.2 Å². The van der Waals surface area contributed by atoms with Crippen molar-refractivity contribution in [3.8, 4) is 0 Å². The lowest BCUT2D eigenvalue weighted by molar-refractivity contribution is -0.137. The van der Waals surface area contributed by atoms with E-state index in [9.17, 15) is 13.2 Å². The van der Waals surface area contributed by atoms with Gasteiger partial charge >= 0.3 is 6.18 Å². The minimum absolute atomic E-state index is 0.177. The molecule has 108 valence electrons. The summed E-state index contributed by atoms with van der Waals surface area (Å²) in [5.74, 6) is 0. The van der Waals surface area contributed by atoms with Gasteiger partial charge in [0.1, 0.15) is 0 Å². The van der Waals surface area contributed by atoms with Crippen LogP contribution >= 0.6 is 0 Å². The van der Waals surface area contributed by atoms with Crippen molar-refractivity contribution in [3.63, 3.8) is 0 Å². The largest absolute Gasteiger partial charge is 0.416 e. The van der Waals surface area contributed by atoms with Crippen LogP contribution in [0.1, 0.15) is 29.2 Å². The molecule has 1 heterocycles. The first kappa shape index (κ1) is 13.7. The monoisotopic (exact) mass is 291 g/mol. The molecule has 21 heavy (non-hydrogen) atoms. The van der Waals surface area contributed by atoms with E-state index < -0.39 is 11.7 Å². The Balaban J connectivity index is 1.74. The maximum Gasteiger partial charge on any atom is 0.416 e. The Labute approximate surface area is 119 Å². The molecule has 0 spiro atoms. The van der Waals surface area contributed by atoms with Gasteiger partial charge in [-0.3, -0.25) is 0 Å². The molecule has 1 unspecified atom stereocenters. The standard InChI is InChI=1S/C16H12F3NO/c17-16(18,19)13-8-6-11(7-9-13)14-10-15(21-20-14)12-4-2-1-3-5-12/h1-9,15H,10H2.